The van der Waals surface area contributed by atoms with E-state index in [4.69, 9.17) is 5.73 Å². The van der Waals surface area contributed by atoms with Gasteiger partial charge in [0.2, 0.25) is 17.7 Å². The molecule has 1 rings (SSSR count). The van der Waals surface area contributed by atoms with Crippen molar-refractivity contribution in [3.05, 3.63) is 35.9 Å². The first-order valence-electron chi connectivity index (χ1n) is 10.5. The summed E-state index contributed by atoms with van der Waals surface area (Å²) in [6.07, 6.45) is 0.921. The van der Waals surface area contributed by atoms with Crippen molar-refractivity contribution >= 4 is 23.7 Å². The molecule has 0 heterocycles. The van der Waals surface area contributed by atoms with Gasteiger partial charge in [0.25, 0.3) is 0 Å². The van der Waals surface area contributed by atoms with Gasteiger partial charge in [0.1, 0.15) is 12.1 Å². The standard InChI is InChI=1S/C22H34N4O5/c1-5-14(4)19(21(29)26-18(13(2)3)22(30)31)25-17(27)12-24-20(28)16(23)11-15-9-7-6-8-10-15/h6-10,13-14,16,18-19H,5,11-12,23H2,1-4H3,(H,24,28)(H,25,27)(H,26,29)(H,30,31). The van der Waals surface area contributed by atoms with E-state index < -0.39 is 41.8 Å². The van der Waals surface area contributed by atoms with Crippen LogP contribution >= 0.6 is 0 Å². The monoisotopic (exact) mass is 434 g/mol. The number of carbonyl (C=O) groups is 4. The molecule has 0 spiro atoms. The summed E-state index contributed by atoms with van der Waals surface area (Å²) in [7, 11) is 0. The van der Waals surface area contributed by atoms with Crippen molar-refractivity contribution in [1.29, 1.82) is 0 Å². The summed E-state index contributed by atoms with van der Waals surface area (Å²) >= 11 is 0. The van der Waals surface area contributed by atoms with Gasteiger partial charge in [-0.15, -0.1) is 0 Å². The van der Waals surface area contributed by atoms with Crippen molar-refractivity contribution in [2.45, 2.75) is 58.7 Å². The van der Waals surface area contributed by atoms with Gasteiger partial charge in [-0.3, -0.25) is 14.4 Å². The molecular weight excluding hydrogens is 400 g/mol. The van der Waals surface area contributed by atoms with E-state index in [1.54, 1.807) is 20.8 Å². The van der Waals surface area contributed by atoms with Gasteiger partial charge in [0.15, 0.2) is 0 Å². The Kier molecular flexibility index (Phi) is 10.7. The van der Waals surface area contributed by atoms with Crippen LogP contribution in [0.2, 0.25) is 0 Å². The van der Waals surface area contributed by atoms with E-state index in [0.717, 1.165) is 5.56 Å². The first kappa shape index (κ1) is 26.1. The minimum atomic E-state index is -1.14. The maximum atomic E-state index is 12.7. The predicted octanol–water partition coefficient (Wildman–Crippen LogP) is 0.429. The largest absolute Gasteiger partial charge is 0.480 e. The van der Waals surface area contributed by atoms with Gasteiger partial charge in [-0.05, 0) is 23.8 Å². The zero-order valence-corrected chi connectivity index (χ0v) is 18.6. The molecule has 1 aromatic carbocycles. The molecule has 0 radical (unpaired) electrons. The van der Waals surface area contributed by atoms with Crippen molar-refractivity contribution < 1.29 is 24.3 Å². The second-order valence-electron chi connectivity index (χ2n) is 8.01. The molecule has 172 valence electrons. The number of rotatable bonds is 12. The van der Waals surface area contributed by atoms with Crippen LogP contribution in [-0.2, 0) is 25.6 Å². The molecule has 3 amide bonds. The van der Waals surface area contributed by atoms with E-state index in [-0.39, 0.29) is 18.4 Å². The molecule has 0 saturated carbocycles. The van der Waals surface area contributed by atoms with Crippen LogP contribution in [0.25, 0.3) is 0 Å². The number of carboxylic acid groups (broad SMARTS) is 1. The number of nitrogens with two attached hydrogens (primary N) is 1. The van der Waals surface area contributed by atoms with Crippen LogP contribution in [0.1, 0.15) is 39.7 Å². The molecule has 31 heavy (non-hydrogen) atoms. The van der Waals surface area contributed by atoms with Crippen LogP contribution < -0.4 is 21.7 Å². The highest BCUT2D eigenvalue weighted by Crippen LogP contribution is 2.10. The normalized spacial score (nSPS) is 14.8. The average molecular weight is 435 g/mol. The van der Waals surface area contributed by atoms with Crippen LogP contribution in [-0.4, -0.2) is 53.5 Å². The number of hydrogen-bond acceptors (Lipinski definition) is 5. The van der Waals surface area contributed by atoms with E-state index >= 15 is 0 Å². The average Bonchev–Trinajstić information content (AvgIpc) is 2.73. The van der Waals surface area contributed by atoms with Crippen LogP contribution in [0.5, 0.6) is 0 Å². The van der Waals surface area contributed by atoms with Crippen molar-refractivity contribution in [1.82, 2.24) is 16.0 Å². The molecule has 0 bridgehead atoms. The first-order chi connectivity index (χ1) is 14.6. The SMILES string of the molecule is CCC(C)C(NC(=O)CNC(=O)C(N)Cc1ccccc1)C(=O)NC(C(=O)O)C(C)C. The van der Waals surface area contributed by atoms with Crippen molar-refractivity contribution in [3.8, 4) is 0 Å². The Morgan fingerprint density at radius 3 is 2.10 bits per heavy atom. The third-order valence-electron chi connectivity index (χ3n) is 5.10. The van der Waals surface area contributed by atoms with E-state index in [0.29, 0.717) is 12.8 Å². The maximum absolute atomic E-state index is 12.7. The zero-order chi connectivity index (χ0) is 23.6. The molecule has 0 aliphatic heterocycles. The summed E-state index contributed by atoms with van der Waals surface area (Å²) in [6.45, 7) is 6.67. The second kappa shape index (κ2) is 12.7. The molecule has 4 unspecified atom stereocenters. The van der Waals surface area contributed by atoms with Gasteiger partial charge in [0.05, 0.1) is 12.6 Å². The number of aliphatic carboxylic acids is 1. The second-order valence-corrected chi connectivity index (χ2v) is 8.01. The minimum Gasteiger partial charge on any atom is -0.480 e. The maximum Gasteiger partial charge on any atom is 0.326 e. The summed E-state index contributed by atoms with van der Waals surface area (Å²) in [5, 5.41) is 16.9. The molecule has 0 aliphatic carbocycles. The van der Waals surface area contributed by atoms with Gasteiger partial charge in [0, 0.05) is 0 Å². The third kappa shape index (κ3) is 8.75. The summed E-state index contributed by atoms with van der Waals surface area (Å²) in [5.41, 5.74) is 6.81. The lowest BCUT2D eigenvalue weighted by Gasteiger charge is -2.26. The van der Waals surface area contributed by atoms with Gasteiger partial charge in [-0.2, -0.15) is 0 Å². The molecular formula is C22H34N4O5. The summed E-state index contributed by atoms with van der Waals surface area (Å²) in [6, 6.07) is 6.48. The highest BCUT2D eigenvalue weighted by Gasteiger charge is 2.31. The van der Waals surface area contributed by atoms with Crippen LogP contribution in [0, 0.1) is 11.8 Å². The molecule has 0 saturated heterocycles. The molecule has 9 heteroatoms. The Morgan fingerprint density at radius 2 is 1.58 bits per heavy atom. The smallest absolute Gasteiger partial charge is 0.326 e. The fourth-order valence-electron chi connectivity index (χ4n) is 2.94. The van der Waals surface area contributed by atoms with E-state index in [2.05, 4.69) is 16.0 Å². The number of nitrogens with one attached hydrogen (secondary N) is 3. The van der Waals surface area contributed by atoms with Crippen molar-refractivity contribution in [2.24, 2.45) is 17.6 Å². The van der Waals surface area contributed by atoms with Crippen molar-refractivity contribution in [2.75, 3.05) is 6.54 Å². The predicted molar refractivity (Wildman–Crippen MR) is 117 cm³/mol. The van der Waals surface area contributed by atoms with Gasteiger partial charge in [-0.1, -0.05) is 64.4 Å². The van der Waals surface area contributed by atoms with Crippen LogP contribution in [0.3, 0.4) is 0 Å². The quantitative estimate of drug-likeness (QED) is 0.322. The zero-order valence-electron chi connectivity index (χ0n) is 18.6. The Morgan fingerprint density at radius 1 is 0.968 bits per heavy atom. The van der Waals surface area contributed by atoms with Crippen LogP contribution in [0.15, 0.2) is 30.3 Å². The molecule has 4 atom stereocenters. The molecule has 6 N–H and O–H groups in total. The van der Waals surface area contributed by atoms with E-state index in [1.807, 2.05) is 37.3 Å². The Labute approximate surface area is 183 Å². The first-order valence-corrected chi connectivity index (χ1v) is 10.5. The Bertz CT molecular complexity index is 754. The summed E-state index contributed by atoms with van der Waals surface area (Å²) in [5.74, 6) is -3.30. The molecule has 9 nitrogen and oxygen atoms in total. The lowest BCUT2D eigenvalue weighted by atomic mass is 9.96. The van der Waals surface area contributed by atoms with E-state index in [9.17, 15) is 24.3 Å². The highest BCUT2D eigenvalue weighted by molar-refractivity contribution is 5.92. The van der Waals surface area contributed by atoms with Crippen LogP contribution in [0.4, 0.5) is 0 Å². The van der Waals surface area contributed by atoms with Gasteiger partial charge in [-0.25, -0.2) is 4.79 Å². The van der Waals surface area contributed by atoms with Crippen molar-refractivity contribution in [3.63, 3.8) is 0 Å². The fraction of sp³-hybridized carbons (Fsp3) is 0.545. The summed E-state index contributed by atoms with van der Waals surface area (Å²) < 4.78 is 0. The van der Waals surface area contributed by atoms with Gasteiger partial charge < -0.3 is 26.8 Å². The number of hydrogen-bond donors (Lipinski definition) is 5. The molecule has 0 fully saturated rings. The number of carboxylic acids is 1. The molecule has 1 aromatic rings. The number of benzene rings is 1. The third-order valence-corrected chi connectivity index (χ3v) is 5.10. The lowest BCUT2D eigenvalue weighted by molar-refractivity contribution is -0.143. The topological polar surface area (TPSA) is 151 Å². The number of amides is 3. The molecule has 0 aliphatic rings. The van der Waals surface area contributed by atoms with Gasteiger partial charge >= 0.3 is 5.97 Å². The Hall–Kier alpha value is -2.94. The molecule has 0 aromatic heterocycles. The lowest BCUT2D eigenvalue weighted by Crippen LogP contribution is -2.56. The Balaban J connectivity index is 2.65. The fourth-order valence-corrected chi connectivity index (χ4v) is 2.94. The summed E-state index contributed by atoms with van der Waals surface area (Å²) in [4.78, 5) is 48.6. The van der Waals surface area contributed by atoms with E-state index in [1.165, 1.54) is 0 Å². The minimum absolute atomic E-state index is 0.235. The highest BCUT2D eigenvalue weighted by atomic mass is 16.4. The number of carbonyl (C=O) groups excluding carboxylic acids is 3.